The van der Waals surface area contributed by atoms with E-state index in [1.165, 1.54) is 5.56 Å². The van der Waals surface area contributed by atoms with Crippen LogP contribution in [0.5, 0.6) is 17.2 Å². The van der Waals surface area contributed by atoms with E-state index in [1.54, 1.807) is 6.07 Å². The molecular weight excluding hydrogens is 306 g/mol. The van der Waals surface area contributed by atoms with Gasteiger partial charge >= 0.3 is 0 Å². The Morgan fingerprint density at radius 2 is 1.71 bits per heavy atom. The van der Waals surface area contributed by atoms with E-state index in [0.717, 1.165) is 30.8 Å². The average molecular weight is 325 g/mol. The molecule has 2 aromatic rings. The van der Waals surface area contributed by atoms with Gasteiger partial charge in [0.1, 0.15) is 19.0 Å². The van der Waals surface area contributed by atoms with Crippen molar-refractivity contribution in [3.8, 4) is 17.2 Å². The number of anilines is 1. The molecule has 1 amide bonds. The number of hydrogen-bond donors (Lipinski definition) is 1. The van der Waals surface area contributed by atoms with Crippen LogP contribution in [0.25, 0.3) is 0 Å². The third kappa shape index (κ3) is 3.15. The second-order valence-electron chi connectivity index (χ2n) is 5.98. The highest BCUT2D eigenvalue weighted by atomic mass is 16.6. The van der Waals surface area contributed by atoms with Crippen molar-refractivity contribution in [3.05, 3.63) is 47.5 Å². The van der Waals surface area contributed by atoms with Crippen LogP contribution in [-0.2, 0) is 17.6 Å². The first-order valence-electron chi connectivity index (χ1n) is 8.22. The second-order valence-corrected chi connectivity index (χ2v) is 5.98. The van der Waals surface area contributed by atoms with Gasteiger partial charge in [0.2, 0.25) is 5.91 Å². The molecule has 24 heavy (non-hydrogen) atoms. The van der Waals surface area contributed by atoms with Gasteiger partial charge in [-0.3, -0.25) is 4.79 Å². The van der Waals surface area contributed by atoms with Gasteiger partial charge in [-0.05, 0) is 42.2 Å². The quantitative estimate of drug-likeness (QED) is 0.942. The standard InChI is InChI=1S/C19H19NO4/c21-19(11-13-3-5-16-14(10-13)2-1-7-22-16)20-15-4-6-17-18(12-15)24-9-8-23-17/h3-6,10,12H,1-2,7-9,11H2,(H,20,21). The fourth-order valence-corrected chi connectivity index (χ4v) is 3.04. The van der Waals surface area contributed by atoms with E-state index in [4.69, 9.17) is 14.2 Å². The zero-order valence-electron chi connectivity index (χ0n) is 13.3. The lowest BCUT2D eigenvalue weighted by Gasteiger charge is -2.19. The lowest BCUT2D eigenvalue weighted by molar-refractivity contribution is -0.115. The number of hydrogen-bond acceptors (Lipinski definition) is 4. The highest BCUT2D eigenvalue weighted by Crippen LogP contribution is 2.32. The summed E-state index contributed by atoms with van der Waals surface area (Å²) in [5.74, 6) is 2.28. The van der Waals surface area contributed by atoms with Gasteiger partial charge in [0.05, 0.1) is 13.0 Å². The molecule has 2 aromatic carbocycles. The van der Waals surface area contributed by atoms with Gasteiger partial charge in [0.25, 0.3) is 0 Å². The predicted octanol–water partition coefficient (Wildman–Crippen LogP) is 2.96. The molecule has 0 fully saturated rings. The topological polar surface area (TPSA) is 56.8 Å². The van der Waals surface area contributed by atoms with E-state index in [9.17, 15) is 4.79 Å². The van der Waals surface area contributed by atoms with Crippen LogP contribution in [0.1, 0.15) is 17.5 Å². The fraction of sp³-hybridized carbons (Fsp3) is 0.316. The molecule has 0 aliphatic carbocycles. The largest absolute Gasteiger partial charge is 0.493 e. The summed E-state index contributed by atoms with van der Waals surface area (Å²) in [6.45, 7) is 1.86. The van der Waals surface area contributed by atoms with Crippen molar-refractivity contribution in [1.82, 2.24) is 0 Å². The van der Waals surface area contributed by atoms with Crippen molar-refractivity contribution in [2.45, 2.75) is 19.3 Å². The molecule has 0 radical (unpaired) electrons. The molecule has 0 saturated heterocycles. The smallest absolute Gasteiger partial charge is 0.228 e. The molecule has 4 rings (SSSR count). The summed E-state index contributed by atoms with van der Waals surface area (Å²) in [5.41, 5.74) is 2.89. The van der Waals surface area contributed by atoms with Crippen molar-refractivity contribution in [2.24, 2.45) is 0 Å². The number of benzene rings is 2. The van der Waals surface area contributed by atoms with Gasteiger partial charge in [0, 0.05) is 11.8 Å². The maximum Gasteiger partial charge on any atom is 0.228 e. The molecular formula is C19H19NO4. The predicted molar refractivity (Wildman–Crippen MR) is 90.0 cm³/mol. The normalized spacial score (nSPS) is 15.2. The van der Waals surface area contributed by atoms with Crippen LogP contribution in [0, 0.1) is 0 Å². The fourth-order valence-electron chi connectivity index (χ4n) is 3.04. The number of rotatable bonds is 3. The Morgan fingerprint density at radius 3 is 2.62 bits per heavy atom. The van der Waals surface area contributed by atoms with Crippen molar-refractivity contribution >= 4 is 11.6 Å². The highest BCUT2D eigenvalue weighted by Gasteiger charge is 2.14. The third-order valence-corrected chi connectivity index (χ3v) is 4.16. The molecule has 0 spiro atoms. The van der Waals surface area contributed by atoms with Crippen LogP contribution in [0.15, 0.2) is 36.4 Å². The van der Waals surface area contributed by atoms with Crippen LogP contribution in [-0.4, -0.2) is 25.7 Å². The molecule has 124 valence electrons. The molecule has 5 nitrogen and oxygen atoms in total. The maximum absolute atomic E-state index is 12.3. The summed E-state index contributed by atoms with van der Waals surface area (Å²) < 4.78 is 16.6. The number of fused-ring (bicyclic) bond motifs is 2. The van der Waals surface area contributed by atoms with Crippen LogP contribution < -0.4 is 19.5 Å². The highest BCUT2D eigenvalue weighted by molar-refractivity contribution is 5.92. The molecule has 0 aromatic heterocycles. The summed E-state index contributed by atoms with van der Waals surface area (Å²) in [6, 6.07) is 11.4. The number of carbonyl (C=O) groups excluding carboxylic acids is 1. The maximum atomic E-state index is 12.3. The Bertz CT molecular complexity index is 708. The minimum absolute atomic E-state index is 0.0524. The van der Waals surface area contributed by atoms with E-state index in [2.05, 4.69) is 11.4 Å². The zero-order valence-corrected chi connectivity index (χ0v) is 13.3. The molecule has 2 heterocycles. The molecule has 5 heteroatoms. The van der Waals surface area contributed by atoms with Crippen molar-refractivity contribution < 1.29 is 19.0 Å². The Kier molecular flexibility index (Phi) is 3.99. The molecule has 0 atom stereocenters. The number of aryl methyl sites for hydroxylation is 1. The van der Waals surface area contributed by atoms with Crippen molar-refractivity contribution in [2.75, 3.05) is 25.1 Å². The number of ether oxygens (including phenoxy) is 3. The average Bonchev–Trinajstić information content (AvgIpc) is 2.61. The summed E-state index contributed by atoms with van der Waals surface area (Å²) in [7, 11) is 0. The van der Waals surface area contributed by atoms with E-state index in [0.29, 0.717) is 36.8 Å². The number of nitrogens with one attached hydrogen (secondary N) is 1. The summed E-state index contributed by atoms with van der Waals surface area (Å²) in [4.78, 5) is 12.3. The van der Waals surface area contributed by atoms with Gasteiger partial charge in [-0.1, -0.05) is 12.1 Å². The van der Waals surface area contributed by atoms with Crippen LogP contribution in [0.4, 0.5) is 5.69 Å². The van der Waals surface area contributed by atoms with Gasteiger partial charge < -0.3 is 19.5 Å². The van der Waals surface area contributed by atoms with Crippen LogP contribution in [0.2, 0.25) is 0 Å². The van der Waals surface area contributed by atoms with Gasteiger partial charge in [0.15, 0.2) is 11.5 Å². The molecule has 0 unspecified atom stereocenters. The van der Waals surface area contributed by atoms with E-state index >= 15 is 0 Å². The summed E-state index contributed by atoms with van der Waals surface area (Å²) in [6.07, 6.45) is 2.37. The minimum Gasteiger partial charge on any atom is -0.493 e. The monoisotopic (exact) mass is 325 g/mol. The Hall–Kier alpha value is -2.69. The van der Waals surface area contributed by atoms with Gasteiger partial charge in [-0.2, -0.15) is 0 Å². The van der Waals surface area contributed by atoms with Crippen LogP contribution >= 0.6 is 0 Å². The Labute approximate surface area is 140 Å². The first-order valence-corrected chi connectivity index (χ1v) is 8.22. The van der Waals surface area contributed by atoms with Crippen molar-refractivity contribution in [3.63, 3.8) is 0 Å². The second kappa shape index (κ2) is 6.43. The van der Waals surface area contributed by atoms with E-state index < -0.39 is 0 Å². The first-order chi connectivity index (χ1) is 11.8. The summed E-state index contributed by atoms with van der Waals surface area (Å²) in [5, 5.41) is 2.91. The lowest BCUT2D eigenvalue weighted by atomic mass is 10.0. The molecule has 2 aliphatic rings. The SMILES string of the molecule is O=C(Cc1ccc2c(c1)CCCO2)Nc1ccc2c(c1)OCCO2. The van der Waals surface area contributed by atoms with Crippen LogP contribution in [0.3, 0.4) is 0 Å². The van der Waals surface area contributed by atoms with Gasteiger partial charge in [-0.15, -0.1) is 0 Å². The van der Waals surface area contributed by atoms with E-state index in [1.807, 2.05) is 24.3 Å². The Morgan fingerprint density at radius 1 is 0.917 bits per heavy atom. The van der Waals surface area contributed by atoms with Crippen molar-refractivity contribution in [1.29, 1.82) is 0 Å². The number of amides is 1. The minimum atomic E-state index is -0.0524. The van der Waals surface area contributed by atoms with Gasteiger partial charge in [-0.25, -0.2) is 0 Å². The molecule has 0 saturated carbocycles. The molecule has 0 bridgehead atoms. The third-order valence-electron chi connectivity index (χ3n) is 4.16. The summed E-state index contributed by atoms with van der Waals surface area (Å²) >= 11 is 0. The molecule has 2 aliphatic heterocycles. The number of carbonyl (C=O) groups is 1. The molecule has 1 N–H and O–H groups in total. The lowest BCUT2D eigenvalue weighted by Crippen LogP contribution is -2.17. The first kappa shape index (κ1) is 14.9. The van der Waals surface area contributed by atoms with E-state index in [-0.39, 0.29) is 5.91 Å². The Balaban J connectivity index is 1.43. The zero-order chi connectivity index (χ0) is 16.4.